The third kappa shape index (κ3) is 3.61. The molecule has 10 heteroatoms. The van der Waals surface area contributed by atoms with Gasteiger partial charge in [0.05, 0.1) is 5.56 Å². The van der Waals surface area contributed by atoms with Gasteiger partial charge in [0.1, 0.15) is 6.61 Å². The Labute approximate surface area is 156 Å². The van der Waals surface area contributed by atoms with Crippen LogP contribution in [-0.2, 0) is 6.18 Å². The Bertz CT molecular complexity index is 1020. The summed E-state index contributed by atoms with van der Waals surface area (Å²) in [6, 6.07) is 10.8. The van der Waals surface area contributed by atoms with Crippen LogP contribution in [0.5, 0.6) is 11.5 Å². The molecule has 2 aromatic carbocycles. The number of benzene rings is 2. The van der Waals surface area contributed by atoms with Crippen molar-refractivity contribution in [3.05, 3.63) is 65.5 Å². The minimum atomic E-state index is -4.55. The number of fused-ring (bicyclic) bond motifs is 1. The van der Waals surface area contributed by atoms with Gasteiger partial charge in [-0.3, -0.25) is 10.1 Å². The van der Waals surface area contributed by atoms with Crippen molar-refractivity contribution in [3.8, 4) is 11.5 Å². The minimum absolute atomic E-state index is 0.0637. The number of amides is 1. The van der Waals surface area contributed by atoms with Crippen molar-refractivity contribution in [2.75, 3.05) is 11.9 Å². The highest BCUT2D eigenvalue weighted by Gasteiger charge is 2.31. The van der Waals surface area contributed by atoms with E-state index in [4.69, 9.17) is 13.9 Å². The van der Waals surface area contributed by atoms with Crippen molar-refractivity contribution >= 4 is 11.9 Å². The van der Waals surface area contributed by atoms with E-state index in [0.717, 1.165) is 18.2 Å². The number of nitrogens with zero attached hydrogens (tertiary/aromatic N) is 2. The Hall–Kier alpha value is -3.56. The summed E-state index contributed by atoms with van der Waals surface area (Å²) in [5, 5.41) is 9.75. The number of carbonyl (C=O) groups is 1. The number of hydrogen-bond acceptors (Lipinski definition) is 6. The van der Waals surface area contributed by atoms with E-state index in [1.807, 2.05) is 0 Å². The topological polar surface area (TPSA) is 86.5 Å². The number of hydrogen-bond donors (Lipinski definition) is 1. The normalized spacial score (nSPS) is 15.9. The summed E-state index contributed by atoms with van der Waals surface area (Å²) in [5.74, 6) is 0.337. The van der Waals surface area contributed by atoms with E-state index in [0.29, 0.717) is 11.5 Å². The maximum Gasteiger partial charge on any atom is 0.416 e. The molecule has 4 rings (SSSR count). The molecule has 0 fully saturated rings. The molecule has 1 unspecified atom stereocenters. The minimum Gasteiger partial charge on any atom is -0.485 e. The van der Waals surface area contributed by atoms with Gasteiger partial charge in [-0.15, -0.1) is 5.10 Å². The van der Waals surface area contributed by atoms with E-state index in [2.05, 4.69) is 15.5 Å². The second-order valence-electron chi connectivity index (χ2n) is 5.84. The number of rotatable bonds is 3. The third-order valence-electron chi connectivity index (χ3n) is 3.90. The Kier molecular flexibility index (Phi) is 4.38. The average Bonchev–Trinajstić information content (AvgIpc) is 3.15. The van der Waals surface area contributed by atoms with Gasteiger partial charge >= 0.3 is 12.2 Å². The predicted octanol–water partition coefficient (Wildman–Crippen LogP) is 3.85. The molecule has 1 atom stereocenters. The molecule has 1 aromatic heterocycles. The fourth-order valence-electron chi connectivity index (χ4n) is 2.56. The van der Waals surface area contributed by atoms with Gasteiger partial charge in [-0.2, -0.15) is 13.2 Å². The fourth-order valence-corrected chi connectivity index (χ4v) is 2.56. The molecule has 7 nitrogen and oxygen atoms in total. The van der Waals surface area contributed by atoms with Crippen LogP contribution in [0.1, 0.15) is 27.9 Å². The Morgan fingerprint density at radius 3 is 2.64 bits per heavy atom. The van der Waals surface area contributed by atoms with E-state index < -0.39 is 23.8 Å². The molecule has 3 aromatic rings. The molecule has 0 bridgehead atoms. The molecule has 2 heterocycles. The standard InChI is InChI=1S/C18H12F3N3O4/c19-18(20,21)11-5-3-4-10(8-11)15(25)22-17-24-23-16(28-17)14-9-26-12-6-1-2-7-13(12)27-14/h1-8,14H,9H2,(H,22,24,25). The van der Waals surface area contributed by atoms with Crippen LogP contribution in [-0.4, -0.2) is 22.7 Å². The maximum atomic E-state index is 12.8. The lowest BCUT2D eigenvalue weighted by Gasteiger charge is -2.23. The lowest BCUT2D eigenvalue weighted by molar-refractivity contribution is -0.137. The molecule has 144 valence electrons. The summed E-state index contributed by atoms with van der Waals surface area (Å²) < 4.78 is 54.9. The van der Waals surface area contributed by atoms with E-state index in [1.54, 1.807) is 24.3 Å². The van der Waals surface area contributed by atoms with Gasteiger partial charge in [0, 0.05) is 5.56 Å². The second kappa shape index (κ2) is 6.87. The quantitative estimate of drug-likeness (QED) is 0.730. The molecule has 1 aliphatic heterocycles. The molecule has 0 spiro atoms. The second-order valence-corrected chi connectivity index (χ2v) is 5.84. The SMILES string of the molecule is O=C(Nc1nnc(C2COc3ccccc3O2)o1)c1cccc(C(F)(F)F)c1. The molecule has 28 heavy (non-hydrogen) atoms. The summed E-state index contributed by atoms with van der Waals surface area (Å²) in [5.41, 5.74) is -1.13. The zero-order chi connectivity index (χ0) is 19.7. The Balaban J connectivity index is 1.46. The summed E-state index contributed by atoms with van der Waals surface area (Å²) in [6.07, 6.45) is -5.23. The van der Waals surface area contributed by atoms with Crippen LogP contribution in [0.3, 0.4) is 0 Å². The lowest BCUT2D eigenvalue weighted by Crippen LogP contribution is -2.21. The molecule has 1 N–H and O–H groups in total. The first-order valence-corrected chi connectivity index (χ1v) is 8.10. The molecule has 0 saturated heterocycles. The van der Waals surface area contributed by atoms with E-state index in [1.165, 1.54) is 6.07 Å². The number of nitrogens with one attached hydrogen (secondary N) is 1. The van der Waals surface area contributed by atoms with Crippen LogP contribution >= 0.6 is 0 Å². The number of carbonyl (C=O) groups excluding carboxylic acids is 1. The van der Waals surface area contributed by atoms with Crippen LogP contribution in [0.15, 0.2) is 52.9 Å². The number of halogens is 3. The number of aromatic nitrogens is 2. The van der Waals surface area contributed by atoms with Gasteiger partial charge in [-0.1, -0.05) is 23.3 Å². The van der Waals surface area contributed by atoms with Crippen LogP contribution in [0.25, 0.3) is 0 Å². The van der Waals surface area contributed by atoms with E-state index in [-0.39, 0.29) is 24.1 Å². The number of ether oxygens (including phenoxy) is 2. The zero-order valence-corrected chi connectivity index (χ0v) is 14.1. The van der Waals surface area contributed by atoms with Gasteiger partial charge in [-0.05, 0) is 30.3 Å². The average molecular weight is 391 g/mol. The van der Waals surface area contributed by atoms with Gasteiger partial charge < -0.3 is 13.9 Å². The summed E-state index contributed by atoms with van der Waals surface area (Å²) in [6.45, 7) is 0.125. The third-order valence-corrected chi connectivity index (χ3v) is 3.90. The Morgan fingerprint density at radius 1 is 1.07 bits per heavy atom. The molecule has 1 aliphatic rings. The largest absolute Gasteiger partial charge is 0.485 e. The van der Waals surface area contributed by atoms with Gasteiger partial charge in [-0.25, -0.2) is 0 Å². The van der Waals surface area contributed by atoms with Crippen molar-refractivity contribution in [2.24, 2.45) is 0 Å². The van der Waals surface area contributed by atoms with Crippen LogP contribution < -0.4 is 14.8 Å². The van der Waals surface area contributed by atoms with Crippen molar-refractivity contribution in [1.82, 2.24) is 10.2 Å². The summed E-state index contributed by atoms with van der Waals surface area (Å²) >= 11 is 0. The predicted molar refractivity (Wildman–Crippen MR) is 89.0 cm³/mol. The molecular formula is C18H12F3N3O4. The van der Waals surface area contributed by atoms with Crippen LogP contribution in [0.4, 0.5) is 19.2 Å². The van der Waals surface area contributed by atoms with Crippen LogP contribution in [0, 0.1) is 0 Å². The molecule has 1 amide bonds. The highest BCUT2D eigenvalue weighted by atomic mass is 19.4. The first kappa shape index (κ1) is 17.8. The fraction of sp³-hybridized carbons (Fsp3) is 0.167. The highest BCUT2D eigenvalue weighted by Crippen LogP contribution is 2.35. The molecule has 0 saturated carbocycles. The van der Waals surface area contributed by atoms with Gasteiger partial charge in [0.15, 0.2) is 11.5 Å². The summed E-state index contributed by atoms with van der Waals surface area (Å²) in [7, 11) is 0. The highest BCUT2D eigenvalue weighted by molar-refractivity contribution is 6.03. The molecule has 0 aliphatic carbocycles. The maximum absolute atomic E-state index is 12.8. The number of para-hydroxylation sites is 2. The molecular weight excluding hydrogens is 379 g/mol. The van der Waals surface area contributed by atoms with E-state index in [9.17, 15) is 18.0 Å². The number of anilines is 1. The smallest absolute Gasteiger partial charge is 0.416 e. The summed E-state index contributed by atoms with van der Waals surface area (Å²) in [4.78, 5) is 12.2. The van der Waals surface area contributed by atoms with Crippen molar-refractivity contribution in [1.29, 1.82) is 0 Å². The molecule has 0 radical (unpaired) electrons. The Morgan fingerprint density at radius 2 is 1.86 bits per heavy atom. The van der Waals surface area contributed by atoms with Crippen molar-refractivity contribution < 1.29 is 31.9 Å². The first-order valence-electron chi connectivity index (χ1n) is 8.10. The monoisotopic (exact) mass is 391 g/mol. The van der Waals surface area contributed by atoms with Gasteiger partial charge in [0.25, 0.3) is 11.8 Å². The van der Waals surface area contributed by atoms with Crippen molar-refractivity contribution in [2.45, 2.75) is 12.3 Å². The van der Waals surface area contributed by atoms with Gasteiger partial charge in [0.2, 0.25) is 6.10 Å². The lowest BCUT2D eigenvalue weighted by atomic mass is 10.1. The zero-order valence-electron chi connectivity index (χ0n) is 14.1. The van der Waals surface area contributed by atoms with Crippen molar-refractivity contribution in [3.63, 3.8) is 0 Å². The van der Waals surface area contributed by atoms with Crippen LogP contribution in [0.2, 0.25) is 0 Å². The first-order chi connectivity index (χ1) is 13.4. The number of alkyl halides is 3. The van der Waals surface area contributed by atoms with E-state index >= 15 is 0 Å².